The molecule has 0 aliphatic heterocycles. The van der Waals surface area contributed by atoms with E-state index < -0.39 is 12.0 Å². The van der Waals surface area contributed by atoms with Crippen molar-refractivity contribution < 1.29 is 18.0 Å². The van der Waals surface area contributed by atoms with Gasteiger partial charge in [-0.15, -0.1) is 17.5 Å². The van der Waals surface area contributed by atoms with E-state index in [4.69, 9.17) is 5.73 Å². The van der Waals surface area contributed by atoms with E-state index in [0.717, 1.165) is 4.52 Å². The molecule has 2 aromatic rings. The molecule has 0 aromatic carbocycles. The summed E-state index contributed by atoms with van der Waals surface area (Å²) in [5, 5.41) is 6.21. The minimum absolute atomic E-state index is 0. The summed E-state index contributed by atoms with van der Waals surface area (Å²) in [7, 11) is 0. The van der Waals surface area contributed by atoms with Gasteiger partial charge >= 0.3 is 6.18 Å². The summed E-state index contributed by atoms with van der Waals surface area (Å²) in [5.41, 5.74) is 7.13. The average molecular weight is 381 g/mol. The van der Waals surface area contributed by atoms with Gasteiger partial charge in [0.05, 0.1) is 0 Å². The van der Waals surface area contributed by atoms with Crippen LogP contribution in [0.5, 0.6) is 0 Å². The largest absolute Gasteiger partial charge is 0.453 e. The van der Waals surface area contributed by atoms with Crippen molar-refractivity contribution in [2.45, 2.75) is 45.8 Å². The van der Waals surface area contributed by atoms with Gasteiger partial charge in [-0.3, -0.25) is 4.79 Å². The van der Waals surface area contributed by atoms with E-state index >= 15 is 0 Å². The van der Waals surface area contributed by atoms with Gasteiger partial charge in [-0.05, 0) is 32.8 Å². The highest BCUT2D eigenvalue weighted by Gasteiger charge is 2.36. The molecule has 0 saturated carbocycles. The number of aromatic nitrogens is 4. The van der Waals surface area contributed by atoms with Gasteiger partial charge in [0.15, 0.2) is 0 Å². The number of rotatable bonds is 5. The van der Waals surface area contributed by atoms with Gasteiger partial charge in [-0.25, -0.2) is 9.50 Å². The molecule has 1 atom stereocenters. The van der Waals surface area contributed by atoms with Gasteiger partial charge in [-0.2, -0.15) is 18.2 Å². The SMILES string of the molecule is Cc1nc2nc(C(F)(F)F)nn2c(C)c1CCC(=O)N[C@@H](C)CN.Cl. The molecule has 1 amide bonds. The summed E-state index contributed by atoms with van der Waals surface area (Å²) in [4.78, 5) is 19.3. The Kier molecular flexibility index (Phi) is 6.72. The number of nitrogens with two attached hydrogens (primary N) is 1. The molecule has 2 aromatic heterocycles. The lowest BCUT2D eigenvalue weighted by Crippen LogP contribution is -2.37. The molecule has 0 bridgehead atoms. The molecule has 7 nitrogen and oxygen atoms in total. The van der Waals surface area contributed by atoms with Crippen LogP contribution in [0.2, 0.25) is 0 Å². The number of aryl methyl sites for hydroxylation is 2. The number of hydrogen-bond donors (Lipinski definition) is 2. The smallest absolute Gasteiger partial charge is 0.352 e. The molecule has 2 heterocycles. The lowest BCUT2D eigenvalue weighted by atomic mass is 10.1. The Hall–Kier alpha value is -1.94. The summed E-state index contributed by atoms with van der Waals surface area (Å²) in [5.74, 6) is -1.52. The molecule has 0 aliphatic rings. The van der Waals surface area contributed by atoms with Crippen LogP contribution in [-0.2, 0) is 17.4 Å². The number of carbonyl (C=O) groups excluding carboxylic acids is 1. The van der Waals surface area contributed by atoms with E-state index in [0.29, 0.717) is 29.9 Å². The van der Waals surface area contributed by atoms with Crippen molar-refractivity contribution in [1.29, 1.82) is 0 Å². The molecule has 140 valence electrons. The van der Waals surface area contributed by atoms with Crippen LogP contribution in [0, 0.1) is 13.8 Å². The highest BCUT2D eigenvalue weighted by molar-refractivity contribution is 5.85. The van der Waals surface area contributed by atoms with Crippen LogP contribution >= 0.6 is 12.4 Å². The van der Waals surface area contributed by atoms with Crippen molar-refractivity contribution >= 4 is 24.1 Å². The first-order valence-electron chi connectivity index (χ1n) is 7.43. The fraction of sp³-hybridized carbons (Fsp3) is 0.571. The fourth-order valence-electron chi connectivity index (χ4n) is 2.33. The molecule has 0 spiro atoms. The third-order valence-corrected chi connectivity index (χ3v) is 3.67. The van der Waals surface area contributed by atoms with Crippen LogP contribution in [0.4, 0.5) is 13.2 Å². The standard InChI is InChI=1S/C14H19F3N6O.ClH/c1-7(6-18)19-11(24)5-4-10-8(2)20-13-21-12(14(15,16)17)22-23(13)9(10)3;/h7H,4-6,18H2,1-3H3,(H,19,24);1H/t7-;/m0./s1. The van der Waals surface area contributed by atoms with Gasteiger partial charge < -0.3 is 11.1 Å². The third kappa shape index (κ3) is 4.79. The van der Waals surface area contributed by atoms with Gasteiger partial charge in [0.2, 0.25) is 5.91 Å². The first-order chi connectivity index (χ1) is 11.1. The van der Waals surface area contributed by atoms with Gasteiger partial charge in [0.25, 0.3) is 11.6 Å². The van der Waals surface area contributed by atoms with Crippen molar-refractivity contribution in [3.05, 3.63) is 22.8 Å². The van der Waals surface area contributed by atoms with Crippen LogP contribution in [0.15, 0.2) is 0 Å². The summed E-state index contributed by atoms with van der Waals surface area (Å²) in [6.07, 6.45) is -4.11. The van der Waals surface area contributed by atoms with Gasteiger partial charge in [0, 0.05) is 30.4 Å². The van der Waals surface area contributed by atoms with Crippen molar-refractivity contribution in [3.8, 4) is 0 Å². The maximum Gasteiger partial charge on any atom is 0.453 e. The number of alkyl halides is 3. The van der Waals surface area contributed by atoms with E-state index in [1.54, 1.807) is 20.8 Å². The number of amides is 1. The molecule has 0 fully saturated rings. The summed E-state index contributed by atoms with van der Waals surface area (Å²) in [6, 6.07) is -0.134. The van der Waals surface area contributed by atoms with E-state index in [1.165, 1.54) is 0 Å². The maximum atomic E-state index is 12.7. The topological polar surface area (TPSA) is 98.2 Å². The Morgan fingerprint density at radius 2 is 1.96 bits per heavy atom. The zero-order chi connectivity index (χ0) is 18.1. The number of nitrogens with zero attached hydrogens (tertiary/aromatic N) is 4. The van der Waals surface area contributed by atoms with Crippen molar-refractivity contribution in [3.63, 3.8) is 0 Å². The Balaban J connectivity index is 0.00000312. The van der Waals surface area contributed by atoms with Crippen molar-refractivity contribution in [2.24, 2.45) is 5.73 Å². The first-order valence-corrected chi connectivity index (χ1v) is 7.43. The Bertz CT molecular complexity index is 761. The average Bonchev–Trinajstić information content (AvgIpc) is 2.91. The molecular formula is C14H20ClF3N6O. The summed E-state index contributed by atoms with van der Waals surface area (Å²) in [6.45, 7) is 5.42. The van der Waals surface area contributed by atoms with Crippen molar-refractivity contribution in [1.82, 2.24) is 24.9 Å². The number of hydrogen-bond acceptors (Lipinski definition) is 5. The highest BCUT2D eigenvalue weighted by Crippen LogP contribution is 2.27. The normalized spacial score (nSPS) is 12.8. The number of carbonyl (C=O) groups is 1. The third-order valence-electron chi connectivity index (χ3n) is 3.67. The fourth-order valence-corrected chi connectivity index (χ4v) is 2.33. The summed E-state index contributed by atoms with van der Waals surface area (Å²) < 4.78 is 39.3. The molecular weight excluding hydrogens is 361 g/mol. The van der Waals surface area contributed by atoms with E-state index in [2.05, 4.69) is 20.4 Å². The minimum atomic E-state index is -4.63. The number of halogens is 4. The van der Waals surface area contributed by atoms with Gasteiger partial charge in [0.1, 0.15) is 0 Å². The maximum absolute atomic E-state index is 12.7. The molecule has 11 heteroatoms. The Morgan fingerprint density at radius 1 is 1.32 bits per heavy atom. The van der Waals surface area contributed by atoms with E-state index in [-0.39, 0.29) is 36.6 Å². The first kappa shape index (κ1) is 21.1. The predicted molar refractivity (Wildman–Crippen MR) is 87.5 cm³/mol. The summed E-state index contributed by atoms with van der Waals surface area (Å²) >= 11 is 0. The van der Waals surface area contributed by atoms with Crippen LogP contribution < -0.4 is 11.1 Å². The number of nitrogens with one attached hydrogen (secondary N) is 1. The van der Waals surface area contributed by atoms with Crippen LogP contribution in [0.25, 0.3) is 5.78 Å². The molecule has 25 heavy (non-hydrogen) atoms. The number of fused-ring (bicyclic) bond motifs is 1. The Morgan fingerprint density at radius 3 is 2.52 bits per heavy atom. The zero-order valence-corrected chi connectivity index (χ0v) is 14.8. The second kappa shape index (κ2) is 7.96. The second-order valence-electron chi connectivity index (χ2n) is 5.61. The minimum Gasteiger partial charge on any atom is -0.352 e. The second-order valence-corrected chi connectivity index (χ2v) is 5.61. The molecule has 0 saturated heterocycles. The van der Waals surface area contributed by atoms with Crippen LogP contribution in [0.1, 0.15) is 36.1 Å². The van der Waals surface area contributed by atoms with Crippen LogP contribution in [0.3, 0.4) is 0 Å². The lowest BCUT2D eigenvalue weighted by molar-refractivity contribution is -0.144. The monoisotopic (exact) mass is 380 g/mol. The predicted octanol–water partition coefficient (Wildman–Crippen LogP) is 1.58. The lowest BCUT2D eigenvalue weighted by Gasteiger charge is -2.13. The molecule has 3 N–H and O–H groups in total. The zero-order valence-electron chi connectivity index (χ0n) is 14.0. The quantitative estimate of drug-likeness (QED) is 0.820. The van der Waals surface area contributed by atoms with Crippen molar-refractivity contribution in [2.75, 3.05) is 6.54 Å². The van der Waals surface area contributed by atoms with Gasteiger partial charge in [-0.1, -0.05) is 0 Å². The molecule has 2 rings (SSSR count). The molecule has 0 radical (unpaired) electrons. The molecule has 0 unspecified atom stereocenters. The molecule has 0 aliphatic carbocycles. The van der Waals surface area contributed by atoms with E-state index in [1.807, 2.05) is 0 Å². The van der Waals surface area contributed by atoms with Crippen LogP contribution in [-0.4, -0.2) is 38.1 Å². The Labute approximate surface area is 148 Å². The highest BCUT2D eigenvalue weighted by atomic mass is 35.5. The van der Waals surface area contributed by atoms with E-state index in [9.17, 15) is 18.0 Å².